The average molecular weight is 429 g/mol. The zero-order valence-corrected chi connectivity index (χ0v) is 19.0. The smallest absolute Gasteiger partial charge is 0.224 e. The van der Waals surface area contributed by atoms with Gasteiger partial charge in [0.15, 0.2) is 0 Å². The molecule has 3 aromatic carbocycles. The molecule has 0 aliphatic heterocycles. The Labute approximate surface area is 192 Å². The molecule has 0 atom stereocenters. The molecule has 166 valence electrons. The topological polar surface area (TPSA) is 41.6 Å². The molecule has 0 aromatic heterocycles. The van der Waals surface area contributed by atoms with Gasteiger partial charge >= 0.3 is 0 Å². The third-order valence-electron chi connectivity index (χ3n) is 5.33. The number of nitrogens with zero attached hydrogens (tertiary/aromatic N) is 1. The Morgan fingerprint density at radius 3 is 2.06 bits per heavy atom. The summed E-state index contributed by atoms with van der Waals surface area (Å²) in [7, 11) is 2.00. The molecule has 0 heterocycles. The highest BCUT2D eigenvalue weighted by Crippen LogP contribution is 2.24. The Morgan fingerprint density at radius 1 is 0.906 bits per heavy atom. The molecule has 3 aromatic rings. The first kappa shape index (κ1) is 22.9. The van der Waals surface area contributed by atoms with E-state index >= 15 is 0 Å². The van der Waals surface area contributed by atoms with Crippen LogP contribution in [0.1, 0.15) is 27.3 Å². The van der Waals surface area contributed by atoms with Gasteiger partial charge in [-0.05, 0) is 61.4 Å². The number of para-hydroxylation sites is 2. The van der Waals surface area contributed by atoms with Gasteiger partial charge in [0.05, 0.1) is 6.42 Å². The summed E-state index contributed by atoms with van der Waals surface area (Å²) in [6, 6.07) is 27.5. The van der Waals surface area contributed by atoms with Crippen molar-refractivity contribution < 1.29 is 11.0 Å². The molecule has 1 amide bonds. The highest BCUT2D eigenvalue weighted by Gasteiger charge is 2.14. The normalized spacial score (nSPS) is 11.3. The van der Waals surface area contributed by atoms with Crippen LogP contribution in [0.25, 0.3) is 0 Å². The third-order valence-corrected chi connectivity index (χ3v) is 5.33. The number of amides is 1. The van der Waals surface area contributed by atoms with Crippen LogP contribution in [0.3, 0.4) is 0 Å². The molecule has 0 aliphatic rings. The molecular weight excluding hydrogens is 396 g/mol. The highest BCUT2D eigenvalue weighted by atomic mass is 16.5. The second-order valence-corrected chi connectivity index (χ2v) is 7.75. The van der Waals surface area contributed by atoms with Crippen LogP contribution in [-0.2, 0) is 11.3 Å². The molecule has 0 saturated heterocycles. The van der Waals surface area contributed by atoms with E-state index in [1.807, 2.05) is 106 Å². The summed E-state index contributed by atoms with van der Waals surface area (Å²) >= 11 is 0. The number of hydrogen-bond acceptors (Lipinski definition) is 3. The lowest BCUT2D eigenvalue weighted by molar-refractivity contribution is -0.120. The number of rotatable bonds is 9. The van der Waals surface area contributed by atoms with Crippen LogP contribution >= 0.6 is 0 Å². The summed E-state index contributed by atoms with van der Waals surface area (Å²) in [4.78, 5) is 14.8. The summed E-state index contributed by atoms with van der Waals surface area (Å²) in [5.41, 5.74) is 4.93. The summed E-state index contributed by atoms with van der Waals surface area (Å²) < 4.78 is 5.82. The van der Waals surface area contributed by atoms with E-state index in [2.05, 4.69) is 16.8 Å². The van der Waals surface area contributed by atoms with E-state index in [0.717, 1.165) is 39.6 Å². The van der Waals surface area contributed by atoms with Crippen LogP contribution < -0.4 is 15.0 Å². The summed E-state index contributed by atoms with van der Waals surface area (Å²) in [6.07, 6.45) is 0.285. The maximum atomic E-state index is 12.7. The minimum Gasteiger partial charge on any atom is -0.457 e. The highest BCUT2D eigenvalue weighted by molar-refractivity contribution is 5.80. The van der Waals surface area contributed by atoms with Gasteiger partial charge in [-0.2, -0.15) is 0 Å². The Balaban J connectivity index is 0.00000385. The first-order chi connectivity index (χ1) is 15.4. The van der Waals surface area contributed by atoms with Crippen LogP contribution in [0.2, 0.25) is 0 Å². The van der Waals surface area contributed by atoms with Crippen LogP contribution in [0.4, 0.5) is 5.69 Å². The number of anilines is 1. The summed E-state index contributed by atoms with van der Waals surface area (Å²) in [5, 5.41) is 3.01. The largest absolute Gasteiger partial charge is 0.457 e. The molecule has 0 unspecified atom stereocenters. The van der Waals surface area contributed by atoms with Gasteiger partial charge in [0.25, 0.3) is 0 Å². The van der Waals surface area contributed by atoms with Crippen LogP contribution in [-0.4, -0.2) is 13.0 Å². The number of allylic oxidation sites excluding steroid dienone is 2. The first-order valence-corrected chi connectivity index (χ1v) is 10.7. The molecule has 0 spiro atoms. The number of benzene rings is 3. The maximum Gasteiger partial charge on any atom is 0.224 e. The molecule has 0 bridgehead atoms. The second kappa shape index (κ2) is 11.0. The van der Waals surface area contributed by atoms with E-state index in [1.165, 1.54) is 0 Å². The number of nitrogens with one attached hydrogen (secondary N) is 1. The lowest BCUT2D eigenvalue weighted by Gasteiger charge is -2.24. The van der Waals surface area contributed by atoms with Crippen molar-refractivity contribution in [1.82, 2.24) is 5.32 Å². The van der Waals surface area contributed by atoms with Crippen LogP contribution in [0.15, 0.2) is 108 Å². The lowest BCUT2D eigenvalue weighted by Crippen LogP contribution is -2.25. The standard InChI is InChI=1S/C28H30N2O2.H2/c1-21(2)27(22(3)30(4)24-11-7-5-8-12-24)19-28(31)29-20-23-15-17-26(18-16-23)32-25-13-9-6-10-14-25;/h5-18H,1,19-20H2,2-4H3,(H,29,31);1H/b27-22-;. The van der Waals surface area contributed by atoms with Gasteiger partial charge in [-0.25, -0.2) is 0 Å². The maximum absolute atomic E-state index is 12.7. The van der Waals surface area contributed by atoms with Gasteiger partial charge in [0.2, 0.25) is 5.91 Å². The SMILES string of the molecule is C=C(C)/C(CC(=O)NCc1ccc(Oc2ccccc2)cc1)=C(/C)N(C)c1ccccc1.[HH]. The minimum atomic E-state index is -0.0339. The van der Waals surface area contributed by atoms with Crippen molar-refractivity contribution in [2.75, 3.05) is 11.9 Å². The summed E-state index contributed by atoms with van der Waals surface area (Å²) in [5.74, 6) is 1.52. The lowest BCUT2D eigenvalue weighted by atomic mass is 10.0. The third kappa shape index (κ3) is 6.35. The molecule has 32 heavy (non-hydrogen) atoms. The first-order valence-electron chi connectivity index (χ1n) is 10.7. The quantitative estimate of drug-likeness (QED) is 0.385. The van der Waals surface area contributed by atoms with Crippen molar-refractivity contribution in [3.05, 3.63) is 114 Å². The zero-order valence-electron chi connectivity index (χ0n) is 19.0. The fourth-order valence-electron chi connectivity index (χ4n) is 3.36. The molecule has 1 N–H and O–H groups in total. The van der Waals surface area contributed by atoms with Gasteiger partial charge in [0.1, 0.15) is 11.5 Å². The Hall–Kier alpha value is -3.79. The number of carbonyl (C=O) groups excluding carboxylic acids is 1. The van der Waals surface area contributed by atoms with E-state index in [-0.39, 0.29) is 13.8 Å². The molecule has 0 aliphatic carbocycles. The fraction of sp³-hybridized carbons (Fsp3) is 0.179. The van der Waals surface area contributed by atoms with Crippen molar-refractivity contribution in [2.24, 2.45) is 0 Å². The average Bonchev–Trinajstić information content (AvgIpc) is 2.82. The van der Waals surface area contributed by atoms with Gasteiger partial charge in [-0.3, -0.25) is 4.79 Å². The minimum absolute atomic E-state index is 0. The van der Waals surface area contributed by atoms with Crippen molar-refractivity contribution in [3.63, 3.8) is 0 Å². The second-order valence-electron chi connectivity index (χ2n) is 7.75. The molecule has 3 rings (SSSR count). The predicted octanol–water partition coefficient (Wildman–Crippen LogP) is 6.72. The molecule has 0 radical (unpaired) electrons. The van der Waals surface area contributed by atoms with E-state index < -0.39 is 0 Å². The van der Waals surface area contributed by atoms with Crippen molar-refractivity contribution in [3.8, 4) is 11.5 Å². The molecule has 4 heteroatoms. The summed E-state index contributed by atoms with van der Waals surface area (Å²) in [6.45, 7) is 8.51. The van der Waals surface area contributed by atoms with Crippen LogP contribution in [0.5, 0.6) is 11.5 Å². The van der Waals surface area contributed by atoms with Crippen molar-refractivity contribution in [1.29, 1.82) is 0 Å². The van der Waals surface area contributed by atoms with E-state index in [0.29, 0.717) is 6.54 Å². The predicted molar refractivity (Wildman–Crippen MR) is 134 cm³/mol. The van der Waals surface area contributed by atoms with Gasteiger partial charge in [-0.15, -0.1) is 0 Å². The number of ether oxygens (including phenoxy) is 1. The number of carbonyl (C=O) groups is 1. The van der Waals surface area contributed by atoms with Gasteiger partial charge < -0.3 is 15.0 Å². The number of hydrogen-bond donors (Lipinski definition) is 1. The van der Waals surface area contributed by atoms with E-state index in [9.17, 15) is 4.79 Å². The fourth-order valence-corrected chi connectivity index (χ4v) is 3.36. The zero-order chi connectivity index (χ0) is 22.9. The van der Waals surface area contributed by atoms with Crippen LogP contribution in [0, 0.1) is 0 Å². The van der Waals surface area contributed by atoms with Gasteiger partial charge in [-0.1, -0.05) is 60.7 Å². The van der Waals surface area contributed by atoms with Crippen molar-refractivity contribution in [2.45, 2.75) is 26.8 Å². The van der Waals surface area contributed by atoms with E-state index in [4.69, 9.17) is 4.74 Å². The van der Waals surface area contributed by atoms with Crippen molar-refractivity contribution >= 4 is 11.6 Å². The Kier molecular flexibility index (Phi) is 7.87. The molecule has 0 saturated carbocycles. The monoisotopic (exact) mass is 428 g/mol. The Bertz CT molecular complexity index is 1080. The van der Waals surface area contributed by atoms with E-state index in [1.54, 1.807) is 0 Å². The Morgan fingerprint density at radius 2 is 1.47 bits per heavy atom. The molecule has 4 nitrogen and oxygen atoms in total. The molecular formula is C28H32N2O2. The molecule has 0 fully saturated rings. The van der Waals surface area contributed by atoms with Gasteiger partial charge in [0, 0.05) is 26.4 Å².